The molecule has 0 aliphatic rings. The van der Waals surface area contributed by atoms with E-state index < -0.39 is 0 Å². The monoisotopic (exact) mass is 212 g/mol. The number of nitrogens with zero attached hydrogens (tertiary/aromatic N) is 1. The average molecular weight is 212 g/mol. The second-order valence-electron chi connectivity index (χ2n) is 3.44. The number of hydrogen-bond donors (Lipinski definition) is 1. The van der Waals surface area contributed by atoms with Gasteiger partial charge in [-0.25, -0.2) is 4.98 Å². The fraction of sp³-hybridized carbons (Fsp3) is 0.600. The van der Waals surface area contributed by atoms with Gasteiger partial charge in [-0.05, 0) is 18.9 Å². The van der Waals surface area contributed by atoms with E-state index >= 15 is 0 Å². The number of aromatic nitrogens is 2. The number of nitrogens with one attached hydrogen (secondary N) is 1. The summed E-state index contributed by atoms with van der Waals surface area (Å²) in [5, 5.41) is 0. The smallest absolute Gasteiger partial charge is 0.136 e. The molecule has 3 nitrogen and oxygen atoms in total. The van der Waals surface area contributed by atoms with Gasteiger partial charge in [-0.15, -0.1) is 0 Å². The highest BCUT2D eigenvalue weighted by Gasteiger charge is 2.17. The minimum absolute atomic E-state index is 0.00269. The van der Waals surface area contributed by atoms with E-state index in [-0.39, 0.29) is 6.10 Å². The van der Waals surface area contributed by atoms with Crippen molar-refractivity contribution in [3.8, 4) is 0 Å². The van der Waals surface area contributed by atoms with Crippen LogP contribution in [0.2, 0.25) is 0 Å². The third-order valence-corrected chi connectivity index (χ3v) is 2.15. The number of aromatic amines is 1. The van der Waals surface area contributed by atoms with E-state index in [9.17, 15) is 0 Å². The molecule has 1 unspecified atom stereocenters. The van der Waals surface area contributed by atoms with Gasteiger partial charge < -0.3 is 9.72 Å². The first kappa shape index (κ1) is 11.3. The van der Waals surface area contributed by atoms with Crippen LogP contribution in [0.4, 0.5) is 0 Å². The van der Waals surface area contributed by atoms with Gasteiger partial charge >= 0.3 is 0 Å². The van der Waals surface area contributed by atoms with Crippen LogP contribution < -0.4 is 0 Å². The average Bonchev–Trinajstić information content (AvgIpc) is 2.13. The molecular formula is C10H16N2OS. The van der Waals surface area contributed by atoms with Crippen LogP contribution in [-0.2, 0) is 4.74 Å². The van der Waals surface area contributed by atoms with Crippen LogP contribution in [0.3, 0.4) is 0 Å². The lowest BCUT2D eigenvalue weighted by Gasteiger charge is -2.19. The zero-order valence-corrected chi connectivity index (χ0v) is 9.60. The summed E-state index contributed by atoms with van der Waals surface area (Å²) in [6.45, 7) is 6.87. The minimum atomic E-state index is 0.00269. The van der Waals surface area contributed by atoms with E-state index in [1.165, 1.54) is 0 Å². The third kappa shape index (κ3) is 2.89. The van der Waals surface area contributed by atoms with Crippen molar-refractivity contribution in [3.05, 3.63) is 22.7 Å². The molecule has 1 atom stereocenters. The highest BCUT2D eigenvalue weighted by atomic mass is 32.1. The standard InChI is InChI=1S/C10H16N2OS/c1-4-13-9(7(2)3)10-11-6-5-8(14)12-10/h5-7,9H,4H2,1-3H3,(H,11,12,14). The second-order valence-corrected chi connectivity index (χ2v) is 3.88. The van der Waals surface area contributed by atoms with Gasteiger partial charge in [-0.1, -0.05) is 26.1 Å². The summed E-state index contributed by atoms with van der Waals surface area (Å²) in [7, 11) is 0. The van der Waals surface area contributed by atoms with Gasteiger partial charge in [0, 0.05) is 12.8 Å². The van der Waals surface area contributed by atoms with Crippen LogP contribution in [0.25, 0.3) is 0 Å². The zero-order chi connectivity index (χ0) is 10.6. The van der Waals surface area contributed by atoms with Gasteiger partial charge in [0.1, 0.15) is 16.6 Å². The van der Waals surface area contributed by atoms with E-state index in [0.717, 1.165) is 5.82 Å². The van der Waals surface area contributed by atoms with Crippen LogP contribution in [0.15, 0.2) is 12.3 Å². The molecule has 0 aliphatic heterocycles. The molecule has 1 heterocycles. The second kappa shape index (κ2) is 5.22. The Hall–Kier alpha value is -0.740. The Morgan fingerprint density at radius 3 is 2.79 bits per heavy atom. The first-order valence-electron chi connectivity index (χ1n) is 4.82. The fourth-order valence-electron chi connectivity index (χ4n) is 1.30. The summed E-state index contributed by atoms with van der Waals surface area (Å²) in [6, 6.07) is 1.77. The lowest BCUT2D eigenvalue weighted by molar-refractivity contribution is 0.0231. The number of hydrogen-bond acceptors (Lipinski definition) is 3. The summed E-state index contributed by atoms with van der Waals surface area (Å²) in [5.41, 5.74) is 0. The largest absolute Gasteiger partial charge is 0.370 e. The summed E-state index contributed by atoms with van der Waals surface area (Å²) >= 11 is 5.04. The normalized spacial score (nSPS) is 13.1. The molecule has 14 heavy (non-hydrogen) atoms. The minimum Gasteiger partial charge on any atom is -0.370 e. The van der Waals surface area contributed by atoms with Gasteiger partial charge in [0.2, 0.25) is 0 Å². The summed E-state index contributed by atoms with van der Waals surface area (Å²) in [4.78, 5) is 7.28. The van der Waals surface area contributed by atoms with Crippen molar-refractivity contribution in [3.63, 3.8) is 0 Å². The molecule has 1 aromatic rings. The predicted molar refractivity (Wildman–Crippen MR) is 58.6 cm³/mol. The van der Waals surface area contributed by atoms with Crippen LogP contribution in [0.5, 0.6) is 0 Å². The molecule has 0 saturated carbocycles. The molecule has 0 saturated heterocycles. The molecule has 1 N–H and O–H groups in total. The van der Waals surface area contributed by atoms with Gasteiger partial charge in [-0.2, -0.15) is 0 Å². The highest BCUT2D eigenvalue weighted by Crippen LogP contribution is 2.21. The summed E-state index contributed by atoms with van der Waals surface area (Å²) < 4.78 is 6.30. The third-order valence-electron chi connectivity index (χ3n) is 1.91. The molecule has 1 rings (SSSR count). The Kier molecular flexibility index (Phi) is 4.22. The molecule has 0 radical (unpaired) electrons. The van der Waals surface area contributed by atoms with E-state index in [1.54, 1.807) is 12.3 Å². The molecule has 0 fully saturated rings. The van der Waals surface area contributed by atoms with Crippen molar-refractivity contribution in [1.29, 1.82) is 0 Å². The van der Waals surface area contributed by atoms with Gasteiger partial charge in [-0.3, -0.25) is 0 Å². The maximum Gasteiger partial charge on any atom is 0.136 e. The Bertz CT molecular complexity index is 335. The molecule has 4 heteroatoms. The number of rotatable bonds is 4. The van der Waals surface area contributed by atoms with E-state index in [0.29, 0.717) is 17.2 Å². The molecule has 0 amide bonds. The van der Waals surface area contributed by atoms with Crippen LogP contribution >= 0.6 is 12.2 Å². The Labute approximate surface area is 89.5 Å². The lowest BCUT2D eigenvalue weighted by Crippen LogP contribution is -2.14. The number of ether oxygens (including phenoxy) is 1. The van der Waals surface area contributed by atoms with Crippen LogP contribution in [0, 0.1) is 10.6 Å². The van der Waals surface area contributed by atoms with Gasteiger partial charge in [0.15, 0.2) is 0 Å². The topological polar surface area (TPSA) is 37.9 Å². The first-order chi connectivity index (χ1) is 6.65. The lowest BCUT2D eigenvalue weighted by atomic mass is 10.1. The first-order valence-corrected chi connectivity index (χ1v) is 5.22. The number of H-pyrrole nitrogens is 1. The highest BCUT2D eigenvalue weighted by molar-refractivity contribution is 7.71. The molecule has 0 spiro atoms. The molecule has 78 valence electrons. The predicted octanol–water partition coefficient (Wildman–Crippen LogP) is 2.87. The fourth-order valence-corrected chi connectivity index (χ4v) is 1.46. The van der Waals surface area contributed by atoms with Crippen molar-refractivity contribution >= 4 is 12.2 Å². The summed E-state index contributed by atoms with van der Waals surface area (Å²) in [5.74, 6) is 1.20. The molecule has 1 aromatic heterocycles. The van der Waals surface area contributed by atoms with Crippen LogP contribution in [0.1, 0.15) is 32.7 Å². The zero-order valence-electron chi connectivity index (χ0n) is 8.78. The molecule has 0 aromatic carbocycles. The van der Waals surface area contributed by atoms with Crippen LogP contribution in [-0.4, -0.2) is 16.6 Å². The SMILES string of the molecule is CCOC(c1nccc(=S)[nH]1)C(C)C. The Morgan fingerprint density at radius 2 is 2.29 bits per heavy atom. The van der Waals surface area contributed by atoms with Crippen molar-refractivity contribution in [2.75, 3.05) is 6.61 Å². The van der Waals surface area contributed by atoms with E-state index in [4.69, 9.17) is 17.0 Å². The van der Waals surface area contributed by atoms with Gasteiger partial charge in [0.05, 0.1) is 0 Å². The maximum absolute atomic E-state index is 5.60. The maximum atomic E-state index is 5.60. The molecule has 0 bridgehead atoms. The van der Waals surface area contributed by atoms with Crippen molar-refractivity contribution < 1.29 is 4.74 Å². The Morgan fingerprint density at radius 1 is 1.57 bits per heavy atom. The van der Waals surface area contributed by atoms with Gasteiger partial charge in [0.25, 0.3) is 0 Å². The molecule has 0 aliphatic carbocycles. The van der Waals surface area contributed by atoms with E-state index in [2.05, 4.69) is 23.8 Å². The van der Waals surface area contributed by atoms with Crippen molar-refractivity contribution in [2.24, 2.45) is 5.92 Å². The summed E-state index contributed by atoms with van der Waals surface area (Å²) in [6.07, 6.45) is 1.71. The van der Waals surface area contributed by atoms with Crippen molar-refractivity contribution in [2.45, 2.75) is 26.9 Å². The molecular weight excluding hydrogens is 196 g/mol. The quantitative estimate of drug-likeness (QED) is 0.780. The van der Waals surface area contributed by atoms with E-state index in [1.807, 2.05) is 6.92 Å². The Balaban J connectivity index is 2.93. The van der Waals surface area contributed by atoms with Crippen molar-refractivity contribution in [1.82, 2.24) is 9.97 Å².